The molecule has 0 atom stereocenters. The molecule has 0 saturated heterocycles. The van der Waals surface area contributed by atoms with Gasteiger partial charge in [-0.2, -0.15) is 0 Å². The van der Waals surface area contributed by atoms with Crippen LogP contribution in [0.25, 0.3) is 12.2 Å². The van der Waals surface area contributed by atoms with E-state index in [1.165, 1.54) is 23.4 Å². The standard InChI is InChI=1S/C24H19ClN2O4/c25-20-7-9-23-19(13-20)10-11-26(23)15-17-3-1-2-16(12-17)4-5-18-6-8-21(27(30)31)14-22(18)24(28)29/h1-9,12-14H,10-11,15H2,(H,28,29)/b5-4+. The number of fused-ring (bicyclic) bond motifs is 1. The molecule has 1 aliphatic heterocycles. The number of halogens is 1. The molecular weight excluding hydrogens is 416 g/mol. The van der Waals surface area contributed by atoms with Crippen LogP contribution >= 0.6 is 11.6 Å². The number of nitro benzene ring substituents is 1. The van der Waals surface area contributed by atoms with Crippen LogP contribution in [0, 0.1) is 10.1 Å². The Morgan fingerprint density at radius 3 is 2.74 bits per heavy atom. The lowest BCUT2D eigenvalue weighted by Gasteiger charge is -2.19. The summed E-state index contributed by atoms with van der Waals surface area (Å²) in [4.78, 5) is 24.1. The summed E-state index contributed by atoms with van der Waals surface area (Å²) in [6.45, 7) is 1.69. The first-order valence-electron chi connectivity index (χ1n) is 9.73. The first-order valence-corrected chi connectivity index (χ1v) is 10.1. The summed E-state index contributed by atoms with van der Waals surface area (Å²) < 4.78 is 0. The highest BCUT2D eigenvalue weighted by atomic mass is 35.5. The van der Waals surface area contributed by atoms with Crippen molar-refractivity contribution in [2.45, 2.75) is 13.0 Å². The molecule has 1 aliphatic rings. The average Bonchev–Trinajstić information content (AvgIpc) is 3.13. The maximum atomic E-state index is 11.5. The number of hydrogen-bond donors (Lipinski definition) is 1. The van der Waals surface area contributed by atoms with E-state index >= 15 is 0 Å². The number of carbonyl (C=O) groups is 1. The van der Waals surface area contributed by atoms with Crippen LogP contribution in [-0.2, 0) is 13.0 Å². The Hall–Kier alpha value is -3.64. The van der Waals surface area contributed by atoms with Crippen LogP contribution in [0.15, 0.2) is 60.7 Å². The summed E-state index contributed by atoms with van der Waals surface area (Å²) >= 11 is 6.10. The van der Waals surface area contributed by atoms with E-state index < -0.39 is 10.9 Å². The van der Waals surface area contributed by atoms with Gasteiger partial charge in [0.15, 0.2) is 0 Å². The highest BCUT2D eigenvalue weighted by Crippen LogP contribution is 2.31. The molecule has 156 valence electrons. The number of carboxylic acids is 1. The fraction of sp³-hybridized carbons (Fsp3) is 0.125. The van der Waals surface area contributed by atoms with Crippen LogP contribution < -0.4 is 4.90 Å². The Bertz CT molecular complexity index is 1210. The number of nitro groups is 1. The summed E-state index contributed by atoms with van der Waals surface area (Å²) in [6, 6.07) is 17.8. The van der Waals surface area contributed by atoms with Crippen LogP contribution in [0.4, 0.5) is 11.4 Å². The summed E-state index contributed by atoms with van der Waals surface area (Å²) in [6.07, 6.45) is 4.45. The van der Waals surface area contributed by atoms with E-state index in [2.05, 4.69) is 23.1 Å². The van der Waals surface area contributed by atoms with Crippen LogP contribution in [0.2, 0.25) is 5.02 Å². The van der Waals surface area contributed by atoms with Crippen LogP contribution in [-0.4, -0.2) is 22.5 Å². The molecule has 0 saturated carbocycles. The molecule has 0 bridgehead atoms. The van der Waals surface area contributed by atoms with Gasteiger partial charge >= 0.3 is 5.97 Å². The molecule has 1 heterocycles. The minimum atomic E-state index is -1.20. The van der Waals surface area contributed by atoms with Crippen molar-refractivity contribution in [3.05, 3.63) is 104 Å². The molecule has 0 unspecified atom stereocenters. The normalized spacial score (nSPS) is 12.9. The molecule has 0 amide bonds. The molecule has 0 aromatic heterocycles. The Balaban J connectivity index is 1.54. The molecule has 1 N–H and O–H groups in total. The number of non-ortho nitro benzene ring substituents is 1. The number of hydrogen-bond acceptors (Lipinski definition) is 4. The third-order valence-electron chi connectivity index (χ3n) is 5.29. The smallest absolute Gasteiger partial charge is 0.336 e. The third kappa shape index (κ3) is 4.59. The van der Waals surface area contributed by atoms with Gasteiger partial charge in [0, 0.05) is 35.9 Å². The maximum absolute atomic E-state index is 11.5. The molecule has 6 nitrogen and oxygen atoms in total. The van der Waals surface area contributed by atoms with E-state index in [9.17, 15) is 20.0 Å². The van der Waals surface area contributed by atoms with Crippen LogP contribution in [0.3, 0.4) is 0 Å². The summed E-state index contributed by atoms with van der Waals surface area (Å²) in [5.74, 6) is -1.20. The molecule has 3 aromatic carbocycles. The van der Waals surface area contributed by atoms with Crippen molar-refractivity contribution in [2.24, 2.45) is 0 Å². The molecule has 0 radical (unpaired) electrons. The van der Waals surface area contributed by atoms with Crippen molar-refractivity contribution in [3.8, 4) is 0 Å². The van der Waals surface area contributed by atoms with Crippen molar-refractivity contribution < 1.29 is 14.8 Å². The molecule has 7 heteroatoms. The summed E-state index contributed by atoms with van der Waals surface area (Å²) in [7, 11) is 0. The molecule has 3 aromatic rings. The van der Waals surface area contributed by atoms with Crippen molar-refractivity contribution in [1.82, 2.24) is 0 Å². The molecule has 4 rings (SSSR count). The zero-order valence-corrected chi connectivity index (χ0v) is 17.2. The average molecular weight is 435 g/mol. The third-order valence-corrected chi connectivity index (χ3v) is 5.53. The first kappa shape index (κ1) is 20.6. The molecule has 0 aliphatic carbocycles. The maximum Gasteiger partial charge on any atom is 0.336 e. The quantitative estimate of drug-likeness (QED) is 0.306. The van der Waals surface area contributed by atoms with Gasteiger partial charge in [-0.3, -0.25) is 10.1 Å². The summed E-state index contributed by atoms with van der Waals surface area (Å²) in [5.41, 5.74) is 4.56. The number of anilines is 1. The van der Waals surface area contributed by atoms with E-state index in [1.54, 1.807) is 6.08 Å². The number of benzene rings is 3. The summed E-state index contributed by atoms with van der Waals surface area (Å²) in [5, 5.41) is 21.1. The first-order chi connectivity index (χ1) is 14.9. The van der Waals surface area contributed by atoms with Gasteiger partial charge in [0.2, 0.25) is 0 Å². The highest BCUT2D eigenvalue weighted by molar-refractivity contribution is 6.30. The zero-order chi connectivity index (χ0) is 22.0. The van der Waals surface area contributed by atoms with E-state index in [0.717, 1.165) is 41.7 Å². The van der Waals surface area contributed by atoms with Crippen molar-refractivity contribution >= 4 is 41.1 Å². The van der Waals surface area contributed by atoms with Gasteiger partial charge in [-0.15, -0.1) is 0 Å². The SMILES string of the molecule is O=C(O)c1cc([N+](=O)[O-])ccc1/C=C/c1cccc(CN2CCc3cc(Cl)ccc32)c1. The Labute approximate surface area is 184 Å². The number of nitrogens with zero attached hydrogens (tertiary/aromatic N) is 2. The minimum absolute atomic E-state index is 0.103. The Morgan fingerprint density at radius 1 is 1.13 bits per heavy atom. The van der Waals surface area contributed by atoms with E-state index in [0.29, 0.717) is 5.56 Å². The fourth-order valence-corrected chi connectivity index (χ4v) is 3.99. The predicted octanol–water partition coefficient (Wildman–Crippen LogP) is 5.68. The Kier molecular flexibility index (Phi) is 5.73. The second kappa shape index (κ2) is 8.62. The number of rotatable bonds is 6. The van der Waals surface area contributed by atoms with E-state index in [1.807, 2.05) is 30.3 Å². The van der Waals surface area contributed by atoms with Gasteiger partial charge in [0.25, 0.3) is 5.69 Å². The van der Waals surface area contributed by atoms with Gasteiger partial charge < -0.3 is 10.0 Å². The topological polar surface area (TPSA) is 83.7 Å². The second-order valence-corrected chi connectivity index (χ2v) is 7.79. The monoisotopic (exact) mass is 434 g/mol. The number of aromatic carboxylic acids is 1. The lowest BCUT2D eigenvalue weighted by molar-refractivity contribution is -0.384. The lowest BCUT2D eigenvalue weighted by atomic mass is 10.0. The Morgan fingerprint density at radius 2 is 1.97 bits per heavy atom. The van der Waals surface area contributed by atoms with Crippen LogP contribution in [0.1, 0.15) is 32.6 Å². The van der Waals surface area contributed by atoms with Crippen LogP contribution in [0.5, 0.6) is 0 Å². The van der Waals surface area contributed by atoms with Crippen molar-refractivity contribution in [3.63, 3.8) is 0 Å². The van der Waals surface area contributed by atoms with Crippen molar-refractivity contribution in [1.29, 1.82) is 0 Å². The largest absolute Gasteiger partial charge is 0.478 e. The molecule has 0 spiro atoms. The van der Waals surface area contributed by atoms with Crippen molar-refractivity contribution in [2.75, 3.05) is 11.4 Å². The number of carboxylic acid groups (broad SMARTS) is 1. The van der Waals surface area contributed by atoms with Gasteiger partial charge in [-0.25, -0.2) is 4.79 Å². The van der Waals surface area contributed by atoms with Gasteiger partial charge in [-0.1, -0.05) is 42.0 Å². The fourth-order valence-electron chi connectivity index (χ4n) is 3.79. The van der Waals surface area contributed by atoms with E-state index in [4.69, 9.17) is 11.6 Å². The lowest BCUT2D eigenvalue weighted by Crippen LogP contribution is -2.19. The van der Waals surface area contributed by atoms with E-state index in [-0.39, 0.29) is 11.3 Å². The highest BCUT2D eigenvalue weighted by Gasteiger charge is 2.19. The van der Waals surface area contributed by atoms with Gasteiger partial charge in [0.1, 0.15) is 0 Å². The molecule has 31 heavy (non-hydrogen) atoms. The molecular formula is C24H19ClN2O4. The second-order valence-electron chi connectivity index (χ2n) is 7.36. The minimum Gasteiger partial charge on any atom is -0.478 e. The van der Waals surface area contributed by atoms with Gasteiger partial charge in [-0.05, 0) is 59.0 Å². The van der Waals surface area contributed by atoms with Gasteiger partial charge in [0.05, 0.1) is 10.5 Å². The zero-order valence-electron chi connectivity index (χ0n) is 16.5. The molecule has 0 fully saturated rings. The predicted molar refractivity (Wildman–Crippen MR) is 122 cm³/mol.